The maximum absolute atomic E-state index is 13.3. The van der Waals surface area contributed by atoms with E-state index in [-0.39, 0.29) is 34.8 Å². The lowest BCUT2D eigenvalue weighted by molar-refractivity contribution is 0.319. The molecule has 1 aromatic carbocycles. The van der Waals surface area contributed by atoms with Crippen LogP contribution < -0.4 is 5.56 Å². The van der Waals surface area contributed by atoms with Crippen molar-refractivity contribution in [3.05, 3.63) is 81.8 Å². The smallest absolute Gasteiger partial charge is 0.263 e. The fourth-order valence-electron chi connectivity index (χ4n) is 4.11. The molecule has 154 valence electrons. The summed E-state index contributed by atoms with van der Waals surface area (Å²) >= 11 is 0. The van der Waals surface area contributed by atoms with Gasteiger partial charge in [-0.15, -0.1) is 0 Å². The fourth-order valence-corrected chi connectivity index (χ4v) is 4.11. The fraction of sp³-hybridized carbons (Fsp3) is 0.273. The Balaban J connectivity index is 1.61. The summed E-state index contributed by atoms with van der Waals surface area (Å²) in [4.78, 5) is 29.2. The molecule has 3 heterocycles. The van der Waals surface area contributed by atoms with Crippen molar-refractivity contribution in [1.82, 2.24) is 29.7 Å². The van der Waals surface area contributed by atoms with E-state index in [2.05, 4.69) is 20.1 Å². The van der Waals surface area contributed by atoms with E-state index in [1.807, 2.05) is 13.0 Å². The first-order valence-corrected chi connectivity index (χ1v) is 10.0. The number of nitrogens with zero attached hydrogens (tertiary/aromatic N) is 6. The molecular formula is C22H18FN7O. The third-order valence-electron chi connectivity index (χ3n) is 5.95. The van der Waals surface area contributed by atoms with Gasteiger partial charge in [-0.2, -0.15) is 10.4 Å². The second-order valence-corrected chi connectivity index (χ2v) is 7.68. The zero-order valence-electron chi connectivity index (χ0n) is 16.7. The number of nitrogens with one attached hydrogen (secondary N) is 1. The monoisotopic (exact) mass is 415 g/mol. The van der Waals surface area contributed by atoms with Gasteiger partial charge in [0.15, 0.2) is 11.3 Å². The largest absolute Gasteiger partial charge is 0.310 e. The Morgan fingerprint density at radius 1 is 1.19 bits per heavy atom. The molecule has 1 fully saturated rings. The lowest BCUT2D eigenvalue weighted by Gasteiger charge is -2.34. The summed E-state index contributed by atoms with van der Waals surface area (Å²) in [5.41, 5.74) is 0.749. The van der Waals surface area contributed by atoms with Gasteiger partial charge in [0, 0.05) is 24.2 Å². The van der Waals surface area contributed by atoms with Gasteiger partial charge in [0.25, 0.3) is 5.56 Å². The minimum atomic E-state index is -0.395. The summed E-state index contributed by atoms with van der Waals surface area (Å²) in [6.45, 7) is 1.87. The average molecular weight is 415 g/mol. The summed E-state index contributed by atoms with van der Waals surface area (Å²) in [5.74, 6) is 0.984. The molecule has 4 aromatic rings. The van der Waals surface area contributed by atoms with Crippen LogP contribution in [0.3, 0.4) is 0 Å². The van der Waals surface area contributed by atoms with Gasteiger partial charge in [-0.05, 0) is 43.5 Å². The summed E-state index contributed by atoms with van der Waals surface area (Å²) in [6.07, 6.45) is 5.17. The zero-order valence-corrected chi connectivity index (χ0v) is 16.7. The standard InChI is InChI=1S/C22H18FN7O/c1-12(13-3-5-14(23)6-4-13)30-21-18(17(11-24)29-30)22(31)28-20(27-21)16-8-7-15(16)19-25-9-2-10-26-19/h2-6,9-10,12,15-16H,7-8H2,1H3,(H,27,28,31). The van der Waals surface area contributed by atoms with E-state index in [4.69, 9.17) is 4.98 Å². The van der Waals surface area contributed by atoms with Crippen LogP contribution in [0.15, 0.2) is 47.5 Å². The van der Waals surface area contributed by atoms with Crippen LogP contribution in [0, 0.1) is 17.1 Å². The number of nitriles is 1. The number of aromatic nitrogens is 6. The van der Waals surface area contributed by atoms with Crippen LogP contribution in [0.1, 0.15) is 60.5 Å². The van der Waals surface area contributed by atoms with Gasteiger partial charge in [-0.25, -0.2) is 24.0 Å². The number of fused-ring (bicyclic) bond motifs is 1. The van der Waals surface area contributed by atoms with Gasteiger partial charge < -0.3 is 4.98 Å². The van der Waals surface area contributed by atoms with Crippen LogP contribution in [0.25, 0.3) is 11.0 Å². The highest BCUT2D eigenvalue weighted by Crippen LogP contribution is 2.46. The van der Waals surface area contributed by atoms with Crippen LogP contribution in [-0.2, 0) is 0 Å². The molecule has 0 saturated heterocycles. The molecule has 1 aliphatic rings. The summed E-state index contributed by atoms with van der Waals surface area (Å²) < 4.78 is 14.9. The molecule has 3 atom stereocenters. The molecule has 0 spiro atoms. The van der Waals surface area contributed by atoms with E-state index >= 15 is 0 Å². The minimum Gasteiger partial charge on any atom is -0.310 e. The van der Waals surface area contributed by atoms with Gasteiger partial charge >= 0.3 is 0 Å². The second kappa shape index (κ2) is 7.40. The summed E-state index contributed by atoms with van der Waals surface area (Å²) in [6, 6.07) is 9.45. The van der Waals surface area contributed by atoms with Crippen molar-refractivity contribution in [2.75, 3.05) is 0 Å². The quantitative estimate of drug-likeness (QED) is 0.548. The number of hydrogen-bond acceptors (Lipinski definition) is 6. The molecule has 5 rings (SSSR count). The molecule has 1 aliphatic carbocycles. The molecule has 31 heavy (non-hydrogen) atoms. The average Bonchev–Trinajstić information content (AvgIpc) is 3.13. The number of H-pyrrole nitrogens is 1. The molecule has 1 N–H and O–H groups in total. The number of hydrogen-bond donors (Lipinski definition) is 1. The van der Waals surface area contributed by atoms with Gasteiger partial charge in [0.2, 0.25) is 0 Å². The van der Waals surface area contributed by atoms with E-state index in [0.717, 1.165) is 24.2 Å². The number of halogens is 1. The Morgan fingerprint density at radius 3 is 2.55 bits per heavy atom. The van der Waals surface area contributed by atoms with Crippen molar-refractivity contribution in [1.29, 1.82) is 5.26 Å². The van der Waals surface area contributed by atoms with E-state index < -0.39 is 5.56 Å². The Labute approximate surface area is 176 Å². The summed E-state index contributed by atoms with van der Waals surface area (Å²) in [7, 11) is 0. The molecule has 8 nitrogen and oxygen atoms in total. The predicted octanol–water partition coefficient (Wildman–Crippen LogP) is 3.19. The van der Waals surface area contributed by atoms with Gasteiger partial charge in [-0.1, -0.05) is 12.1 Å². The SMILES string of the molecule is CC(c1ccc(F)cc1)n1nc(C#N)c2c(=O)[nH]c(C3CCC3c3ncccn3)nc21. The van der Waals surface area contributed by atoms with Crippen LogP contribution in [0.2, 0.25) is 0 Å². The molecule has 0 radical (unpaired) electrons. The van der Waals surface area contributed by atoms with E-state index in [1.54, 1.807) is 35.3 Å². The van der Waals surface area contributed by atoms with Gasteiger partial charge in [-0.3, -0.25) is 4.79 Å². The highest BCUT2D eigenvalue weighted by molar-refractivity contribution is 5.80. The molecule has 0 aliphatic heterocycles. The topological polar surface area (TPSA) is 113 Å². The second-order valence-electron chi connectivity index (χ2n) is 7.68. The first-order valence-electron chi connectivity index (χ1n) is 10.0. The van der Waals surface area contributed by atoms with Crippen LogP contribution in [0.4, 0.5) is 4.39 Å². The molecule has 0 amide bonds. The number of aromatic amines is 1. The molecule has 0 bridgehead atoms. The van der Waals surface area contributed by atoms with Crippen molar-refractivity contribution in [2.45, 2.75) is 37.6 Å². The third kappa shape index (κ3) is 3.17. The highest BCUT2D eigenvalue weighted by atomic mass is 19.1. The van der Waals surface area contributed by atoms with Crippen molar-refractivity contribution >= 4 is 11.0 Å². The maximum Gasteiger partial charge on any atom is 0.263 e. The highest BCUT2D eigenvalue weighted by Gasteiger charge is 2.37. The first-order chi connectivity index (χ1) is 15.1. The van der Waals surface area contributed by atoms with Crippen LogP contribution in [0.5, 0.6) is 0 Å². The lowest BCUT2D eigenvalue weighted by atomic mass is 9.72. The molecule has 3 aromatic heterocycles. The zero-order chi connectivity index (χ0) is 21.5. The molecule has 3 unspecified atom stereocenters. The van der Waals surface area contributed by atoms with Gasteiger partial charge in [0.05, 0.1) is 6.04 Å². The molecular weight excluding hydrogens is 397 g/mol. The van der Waals surface area contributed by atoms with Crippen LogP contribution in [-0.4, -0.2) is 29.7 Å². The predicted molar refractivity (Wildman–Crippen MR) is 110 cm³/mol. The Morgan fingerprint density at radius 2 is 1.90 bits per heavy atom. The van der Waals surface area contributed by atoms with E-state index in [0.29, 0.717) is 11.5 Å². The van der Waals surface area contributed by atoms with Crippen molar-refractivity contribution < 1.29 is 4.39 Å². The number of rotatable bonds is 4. The Bertz CT molecular complexity index is 1360. The number of benzene rings is 1. The Kier molecular flexibility index (Phi) is 4.55. The van der Waals surface area contributed by atoms with Crippen molar-refractivity contribution in [2.24, 2.45) is 0 Å². The lowest BCUT2D eigenvalue weighted by Crippen LogP contribution is -2.28. The Hall–Kier alpha value is -3.93. The third-order valence-corrected chi connectivity index (χ3v) is 5.95. The van der Waals surface area contributed by atoms with Gasteiger partial charge in [0.1, 0.15) is 28.9 Å². The molecule has 9 heteroatoms. The summed E-state index contributed by atoms with van der Waals surface area (Å²) in [5, 5.41) is 14.0. The normalized spacial score (nSPS) is 19.0. The first kappa shape index (κ1) is 19.1. The van der Waals surface area contributed by atoms with Crippen LogP contribution >= 0.6 is 0 Å². The minimum absolute atomic E-state index is 0.0146. The maximum atomic E-state index is 13.3. The molecule has 1 saturated carbocycles. The van der Waals surface area contributed by atoms with Crippen molar-refractivity contribution in [3.8, 4) is 6.07 Å². The van der Waals surface area contributed by atoms with E-state index in [9.17, 15) is 14.4 Å². The van der Waals surface area contributed by atoms with E-state index in [1.165, 1.54) is 12.1 Å². The van der Waals surface area contributed by atoms with Crippen molar-refractivity contribution in [3.63, 3.8) is 0 Å².